The van der Waals surface area contributed by atoms with Gasteiger partial charge in [0.1, 0.15) is 6.04 Å². The molecule has 0 saturated heterocycles. The maximum atomic E-state index is 11.9. The van der Waals surface area contributed by atoms with E-state index >= 15 is 0 Å². The number of carbonyl (C=O) groups excluding carboxylic acids is 1. The van der Waals surface area contributed by atoms with Gasteiger partial charge in [-0.1, -0.05) is 0 Å². The van der Waals surface area contributed by atoms with Crippen LogP contribution in [0.15, 0.2) is 12.3 Å². The van der Waals surface area contributed by atoms with E-state index in [9.17, 15) is 4.79 Å². The lowest BCUT2D eigenvalue weighted by Crippen LogP contribution is -2.43. The molecule has 0 spiro atoms. The minimum atomic E-state index is -0.254. The van der Waals surface area contributed by atoms with Crippen LogP contribution in [-0.2, 0) is 16.1 Å². The molecule has 0 fully saturated rings. The van der Waals surface area contributed by atoms with Crippen molar-refractivity contribution in [2.45, 2.75) is 12.6 Å². The van der Waals surface area contributed by atoms with Crippen LogP contribution in [0.4, 0.5) is 0 Å². The molecule has 2 N–H and O–H groups in total. The average Bonchev–Trinajstić information content (AvgIpc) is 2.76. The molecule has 1 aliphatic rings. The molecule has 1 atom stereocenters. The fraction of sp³-hybridized carbons (Fsp3) is 0.600. The van der Waals surface area contributed by atoms with Crippen LogP contribution in [0.25, 0.3) is 0 Å². The topological polar surface area (TPSA) is 68.2 Å². The van der Waals surface area contributed by atoms with Crippen molar-refractivity contribution < 1.29 is 9.53 Å². The zero-order chi connectivity index (χ0) is 11.4. The van der Waals surface area contributed by atoms with Gasteiger partial charge < -0.3 is 15.4 Å². The van der Waals surface area contributed by atoms with E-state index in [1.165, 1.54) is 0 Å². The van der Waals surface area contributed by atoms with Gasteiger partial charge in [0, 0.05) is 32.9 Å². The Kier molecular flexibility index (Phi) is 3.53. The molecule has 88 valence electrons. The van der Waals surface area contributed by atoms with Crippen LogP contribution in [0.2, 0.25) is 0 Å². The van der Waals surface area contributed by atoms with Crippen molar-refractivity contribution in [3.05, 3.63) is 18.0 Å². The molecule has 16 heavy (non-hydrogen) atoms. The van der Waals surface area contributed by atoms with Crippen molar-refractivity contribution in [2.75, 3.05) is 26.8 Å². The number of amides is 1. The van der Waals surface area contributed by atoms with Crippen molar-refractivity contribution in [1.29, 1.82) is 0 Å². The summed E-state index contributed by atoms with van der Waals surface area (Å²) in [6.07, 6.45) is 1.72. The summed E-state index contributed by atoms with van der Waals surface area (Å²) in [7, 11) is 1.61. The van der Waals surface area contributed by atoms with Crippen LogP contribution in [0.3, 0.4) is 0 Å². The van der Waals surface area contributed by atoms with Crippen molar-refractivity contribution >= 4 is 5.91 Å². The second kappa shape index (κ2) is 5.09. The smallest absolute Gasteiger partial charge is 0.246 e. The number of aromatic nitrogens is 2. The summed E-state index contributed by atoms with van der Waals surface area (Å²) in [6, 6.07) is 1.66. The molecule has 6 nitrogen and oxygen atoms in total. The third-order valence-corrected chi connectivity index (χ3v) is 2.60. The normalized spacial score (nSPS) is 19.2. The minimum absolute atomic E-state index is 0.0193. The van der Waals surface area contributed by atoms with Gasteiger partial charge in [-0.05, 0) is 6.07 Å². The first kappa shape index (κ1) is 11.1. The molecule has 2 heterocycles. The van der Waals surface area contributed by atoms with Crippen LogP contribution in [0, 0.1) is 0 Å². The first-order chi connectivity index (χ1) is 7.83. The number of rotatable bonds is 4. The Hall–Kier alpha value is -1.40. The lowest BCUT2D eigenvalue weighted by molar-refractivity contribution is -0.125. The van der Waals surface area contributed by atoms with E-state index in [-0.39, 0.29) is 11.9 Å². The molecule has 0 saturated carbocycles. The monoisotopic (exact) mass is 224 g/mol. The number of hydrogen-bond acceptors (Lipinski definition) is 4. The molecular weight excluding hydrogens is 208 g/mol. The van der Waals surface area contributed by atoms with Gasteiger partial charge in [0.2, 0.25) is 5.91 Å². The Morgan fingerprint density at radius 3 is 3.50 bits per heavy atom. The van der Waals surface area contributed by atoms with E-state index in [4.69, 9.17) is 4.74 Å². The predicted molar refractivity (Wildman–Crippen MR) is 57.9 cm³/mol. The fourth-order valence-corrected chi connectivity index (χ4v) is 1.78. The predicted octanol–water partition coefficient (Wildman–Crippen LogP) is -0.710. The number of nitrogens with zero attached hydrogens (tertiary/aromatic N) is 2. The van der Waals surface area contributed by atoms with Gasteiger partial charge in [-0.15, -0.1) is 0 Å². The van der Waals surface area contributed by atoms with Crippen LogP contribution >= 0.6 is 0 Å². The lowest BCUT2D eigenvalue weighted by atomic mass is 10.2. The highest BCUT2D eigenvalue weighted by Crippen LogP contribution is 2.13. The summed E-state index contributed by atoms with van der Waals surface area (Å²) in [5.41, 5.74) is 1.04. The molecule has 1 aliphatic heterocycles. The Balaban J connectivity index is 1.98. The number of hydrogen-bond donors (Lipinski definition) is 2. The van der Waals surface area contributed by atoms with Gasteiger partial charge in [-0.25, -0.2) is 0 Å². The van der Waals surface area contributed by atoms with Gasteiger partial charge in [-0.2, -0.15) is 5.10 Å². The molecule has 1 amide bonds. The summed E-state index contributed by atoms with van der Waals surface area (Å²) in [5.74, 6) is -0.0193. The number of methoxy groups -OCH3 is 1. The van der Waals surface area contributed by atoms with Gasteiger partial charge in [0.25, 0.3) is 0 Å². The molecule has 0 aliphatic carbocycles. The van der Waals surface area contributed by atoms with Gasteiger partial charge >= 0.3 is 0 Å². The summed E-state index contributed by atoms with van der Waals surface area (Å²) >= 11 is 0. The van der Waals surface area contributed by atoms with Crippen LogP contribution in [-0.4, -0.2) is 42.5 Å². The maximum absolute atomic E-state index is 11.9. The molecule has 6 heteroatoms. The Morgan fingerprint density at radius 1 is 1.81 bits per heavy atom. The summed E-state index contributed by atoms with van der Waals surface area (Å²) in [5, 5.41) is 10.2. The molecular formula is C10H16N4O2. The van der Waals surface area contributed by atoms with Crippen LogP contribution in [0.5, 0.6) is 0 Å². The van der Waals surface area contributed by atoms with E-state index in [1.54, 1.807) is 18.0 Å². The van der Waals surface area contributed by atoms with E-state index in [0.717, 1.165) is 12.2 Å². The Morgan fingerprint density at radius 2 is 2.69 bits per heavy atom. The largest absolute Gasteiger partial charge is 0.383 e. The molecule has 1 aromatic rings. The van der Waals surface area contributed by atoms with E-state index in [0.29, 0.717) is 19.7 Å². The fourth-order valence-electron chi connectivity index (χ4n) is 1.78. The molecule has 2 rings (SSSR count). The number of fused-ring (bicyclic) bond motifs is 1. The quantitative estimate of drug-likeness (QED) is 0.663. The SMILES string of the molecule is COCCNC(=O)[C@H]1CNCc2ccnn21. The third-order valence-electron chi connectivity index (χ3n) is 2.60. The molecule has 0 aromatic carbocycles. The third kappa shape index (κ3) is 2.23. The van der Waals surface area contributed by atoms with Gasteiger partial charge in [0.15, 0.2) is 0 Å². The molecule has 0 unspecified atom stereocenters. The van der Waals surface area contributed by atoms with E-state index < -0.39 is 0 Å². The van der Waals surface area contributed by atoms with Crippen LogP contribution in [0.1, 0.15) is 11.7 Å². The first-order valence-corrected chi connectivity index (χ1v) is 5.32. The van der Waals surface area contributed by atoms with Crippen LogP contribution < -0.4 is 10.6 Å². The number of nitrogens with one attached hydrogen (secondary N) is 2. The minimum Gasteiger partial charge on any atom is -0.383 e. The van der Waals surface area contributed by atoms with Gasteiger partial charge in [-0.3, -0.25) is 9.48 Å². The number of carbonyl (C=O) groups is 1. The summed E-state index contributed by atoms with van der Waals surface area (Å²) < 4.78 is 6.66. The zero-order valence-corrected chi connectivity index (χ0v) is 9.27. The molecule has 1 aromatic heterocycles. The van der Waals surface area contributed by atoms with Gasteiger partial charge in [0.05, 0.1) is 12.3 Å². The first-order valence-electron chi connectivity index (χ1n) is 5.32. The maximum Gasteiger partial charge on any atom is 0.246 e. The standard InChI is InChI=1S/C10H16N4O2/c1-16-5-4-12-10(15)9-7-11-6-8-2-3-13-14(8)9/h2-3,9,11H,4-7H2,1H3,(H,12,15)/t9-/m1/s1. The molecule has 0 radical (unpaired) electrons. The highest BCUT2D eigenvalue weighted by Gasteiger charge is 2.25. The zero-order valence-electron chi connectivity index (χ0n) is 9.27. The highest BCUT2D eigenvalue weighted by atomic mass is 16.5. The van der Waals surface area contributed by atoms with Crippen molar-refractivity contribution in [2.24, 2.45) is 0 Å². The summed E-state index contributed by atoms with van der Waals surface area (Å²) in [6.45, 7) is 2.44. The number of ether oxygens (including phenoxy) is 1. The second-order valence-electron chi connectivity index (χ2n) is 3.70. The lowest BCUT2D eigenvalue weighted by Gasteiger charge is -2.24. The van der Waals surface area contributed by atoms with E-state index in [1.807, 2.05) is 6.07 Å². The Labute approximate surface area is 94.0 Å². The Bertz CT molecular complexity index is 363. The highest BCUT2D eigenvalue weighted by molar-refractivity contribution is 5.80. The molecule has 0 bridgehead atoms. The van der Waals surface area contributed by atoms with Crippen molar-refractivity contribution in [1.82, 2.24) is 20.4 Å². The van der Waals surface area contributed by atoms with Crippen molar-refractivity contribution in [3.8, 4) is 0 Å². The van der Waals surface area contributed by atoms with Crippen molar-refractivity contribution in [3.63, 3.8) is 0 Å². The summed E-state index contributed by atoms with van der Waals surface area (Å²) in [4.78, 5) is 11.9. The van der Waals surface area contributed by atoms with E-state index in [2.05, 4.69) is 15.7 Å². The average molecular weight is 224 g/mol. The second-order valence-corrected chi connectivity index (χ2v) is 3.70.